The number of fused-ring (bicyclic) bond motifs is 1. The topological polar surface area (TPSA) is 46.6 Å². The zero-order valence-electron chi connectivity index (χ0n) is 12.2. The molecule has 2 aliphatic rings. The lowest BCUT2D eigenvalue weighted by molar-refractivity contribution is 0.0853. The van der Waals surface area contributed by atoms with E-state index >= 15 is 0 Å². The van der Waals surface area contributed by atoms with E-state index in [-0.39, 0.29) is 24.8 Å². The fourth-order valence-corrected chi connectivity index (χ4v) is 2.62. The Kier molecular flexibility index (Phi) is 7.52. The molecule has 5 nitrogen and oxygen atoms in total. The van der Waals surface area contributed by atoms with Gasteiger partial charge in [-0.3, -0.25) is 0 Å². The molecule has 1 N–H and O–H groups in total. The fraction of sp³-hybridized carbons (Fsp3) is 0.643. The van der Waals surface area contributed by atoms with Crippen molar-refractivity contribution in [2.24, 2.45) is 0 Å². The van der Waals surface area contributed by atoms with Crippen LogP contribution in [0.25, 0.3) is 0 Å². The minimum Gasteiger partial charge on any atom is -0.476 e. The van der Waals surface area contributed by atoms with Gasteiger partial charge in [0.1, 0.15) is 12.4 Å². The molecule has 3 heterocycles. The van der Waals surface area contributed by atoms with Crippen LogP contribution in [-0.2, 0) is 11.3 Å². The highest BCUT2D eigenvalue weighted by molar-refractivity contribution is 5.85. The number of rotatable bonds is 2. The Morgan fingerprint density at radius 2 is 1.95 bits per heavy atom. The Labute approximate surface area is 138 Å². The van der Waals surface area contributed by atoms with Crippen LogP contribution in [0.5, 0.6) is 5.88 Å². The molecule has 1 aromatic heterocycles. The molecule has 120 valence electrons. The molecule has 0 aliphatic carbocycles. The summed E-state index contributed by atoms with van der Waals surface area (Å²) in [5.74, 6) is 1.77. The van der Waals surface area contributed by atoms with Crippen molar-refractivity contribution in [1.29, 1.82) is 0 Å². The zero-order valence-corrected chi connectivity index (χ0v) is 13.8. The average Bonchev–Trinajstić information content (AvgIpc) is 2.72. The van der Waals surface area contributed by atoms with Crippen LogP contribution in [0.4, 0.5) is 5.82 Å². The van der Waals surface area contributed by atoms with Gasteiger partial charge in [0.2, 0.25) is 5.88 Å². The highest BCUT2D eigenvalue weighted by atomic mass is 35.5. The molecule has 3 rings (SSSR count). The van der Waals surface area contributed by atoms with Crippen LogP contribution in [-0.4, -0.2) is 44.4 Å². The molecule has 0 radical (unpaired) electrons. The van der Waals surface area contributed by atoms with Crippen molar-refractivity contribution in [3.63, 3.8) is 0 Å². The monoisotopic (exact) mass is 335 g/mol. The second-order valence-corrected chi connectivity index (χ2v) is 5.11. The summed E-state index contributed by atoms with van der Waals surface area (Å²) < 4.78 is 11.1. The van der Waals surface area contributed by atoms with Gasteiger partial charge in [0, 0.05) is 45.0 Å². The van der Waals surface area contributed by atoms with Crippen molar-refractivity contribution >= 4 is 30.6 Å². The second kappa shape index (κ2) is 8.63. The van der Waals surface area contributed by atoms with Crippen molar-refractivity contribution in [1.82, 2.24) is 10.3 Å². The predicted octanol–water partition coefficient (Wildman–Crippen LogP) is 2.02. The third-order valence-electron chi connectivity index (χ3n) is 3.86. The minimum absolute atomic E-state index is 0. The van der Waals surface area contributed by atoms with Gasteiger partial charge in [-0.1, -0.05) is 0 Å². The normalized spacial score (nSPS) is 18.3. The Morgan fingerprint density at radius 3 is 2.71 bits per heavy atom. The second-order valence-electron chi connectivity index (χ2n) is 5.11. The lowest BCUT2D eigenvalue weighted by atomic mass is 10.1. The summed E-state index contributed by atoms with van der Waals surface area (Å²) in [5.41, 5.74) is 1.14. The molecule has 1 aromatic rings. The van der Waals surface area contributed by atoms with Gasteiger partial charge >= 0.3 is 0 Å². The highest BCUT2D eigenvalue weighted by Crippen LogP contribution is 2.25. The van der Waals surface area contributed by atoms with Gasteiger partial charge < -0.3 is 19.7 Å². The van der Waals surface area contributed by atoms with Crippen LogP contribution >= 0.6 is 24.8 Å². The maximum absolute atomic E-state index is 5.70. The van der Waals surface area contributed by atoms with Crippen LogP contribution < -0.4 is 15.0 Å². The number of nitrogens with zero attached hydrogens (tertiary/aromatic N) is 2. The number of hydrogen-bond acceptors (Lipinski definition) is 5. The molecule has 1 saturated heterocycles. The average molecular weight is 336 g/mol. The summed E-state index contributed by atoms with van der Waals surface area (Å²) in [6.07, 6.45) is 2.13. The van der Waals surface area contributed by atoms with Gasteiger partial charge in [0.15, 0.2) is 0 Å². The molecule has 0 amide bonds. The highest BCUT2D eigenvalue weighted by Gasteiger charge is 2.21. The first-order valence-electron chi connectivity index (χ1n) is 6.98. The van der Waals surface area contributed by atoms with E-state index in [1.807, 2.05) is 0 Å². The maximum Gasteiger partial charge on any atom is 0.219 e. The van der Waals surface area contributed by atoms with E-state index in [2.05, 4.69) is 34.4 Å². The number of hydrogen-bond donors (Lipinski definition) is 1. The molecule has 0 bridgehead atoms. The molecule has 1 fully saturated rings. The van der Waals surface area contributed by atoms with Crippen molar-refractivity contribution in [2.75, 3.05) is 38.3 Å². The number of ether oxygens (including phenoxy) is 2. The summed E-state index contributed by atoms with van der Waals surface area (Å²) >= 11 is 0. The molecular weight excluding hydrogens is 313 g/mol. The van der Waals surface area contributed by atoms with E-state index in [1.165, 1.54) is 0 Å². The number of anilines is 1. The van der Waals surface area contributed by atoms with E-state index < -0.39 is 0 Å². The van der Waals surface area contributed by atoms with E-state index in [0.29, 0.717) is 12.6 Å². The molecule has 0 spiro atoms. The quantitative estimate of drug-likeness (QED) is 0.895. The third-order valence-corrected chi connectivity index (χ3v) is 3.86. The van der Waals surface area contributed by atoms with Crippen LogP contribution in [0.1, 0.15) is 18.4 Å². The van der Waals surface area contributed by atoms with E-state index in [0.717, 1.165) is 56.4 Å². The fourth-order valence-electron chi connectivity index (χ4n) is 2.62. The third kappa shape index (κ3) is 4.36. The van der Waals surface area contributed by atoms with Crippen molar-refractivity contribution in [3.8, 4) is 5.88 Å². The molecule has 0 unspecified atom stereocenters. The van der Waals surface area contributed by atoms with Gasteiger partial charge in [-0.15, -0.1) is 24.8 Å². The Bertz CT molecular complexity index is 442. The van der Waals surface area contributed by atoms with Gasteiger partial charge in [-0.2, -0.15) is 4.98 Å². The van der Waals surface area contributed by atoms with Crippen LogP contribution in [0, 0.1) is 0 Å². The summed E-state index contributed by atoms with van der Waals surface area (Å²) in [5, 5.41) is 3.32. The number of aromatic nitrogens is 1. The van der Waals surface area contributed by atoms with Gasteiger partial charge in [-0.25, -0.2) is 0 Å². The van der Waals surface area contributed by atoms with E-state index in [4.69, 9.17) is 9.47 Å². The molecule has 0 aromatic carbocycles. The van der Waals surface area contributed by atoms with Crippen LogP contribution in [0.2, 0.25) is 0 Å². The van der Waals surface area contributed by atoms with Crippen molar-refractivity contribution in [3.05, 3.63) is 17.7 Å². The molecule has 0 atom stereocenters. The lowest BCUT2D eigenvalue weighted by Gasteiger charge is -2.32. The predicted molar refractivity (Wildman–Crippen MR) is 88.2 cm³/mol. The van der Waals surface area contributed by atoms with Gasteiger partial charge in [0.25, 0.3) is 0 Å². The van der Waals surface area contributed by atoms with Crippen LogP contribution in [0.3, 0.4) is 0 Å². The molecule has 2 aliphatic heterocycles. The smallest absolute Gasteiger partial charge is 0.219 e. The first-order valence-corrected chi connectivity index (χ1v) is 6.98. The number of halogens is 2. The van der Waals surface area contributed by atoms with Gasteiger partial charge in [0.05, 0.1) is 0 Å². The number of nitrogens with one attached hydrogen (secondary N) is 1. The van der Waals surface area contributed by atoms with Crippen molar-refractivity contribution in [2.45, 2.75) is 25.4 Å². The Balaban J connectivity index is 0.00000110. The Hall–Kier alpha value is -0.750. The van der Waals surface area contributed by atoms with Gasteiger partial charge in [-0.05, 0) is 25.0 Å². The van der Waals surface area contributed by atoms with E-state index in [1.54, 1.807) is 0 Å². The maximum atomic E-state index is 5.70. The summed E-state index contributed by atoms with van der Waals surface area (Å²) in [6.45, 7) is 4.09. The minimum atomic E-state index is 0. The van der Waals surface area contributed by atoms with E-state index in [9.17, 15) is 0 Å². The summed E-state index contributed by atoms with van der Waals surface area (Å²) in [7, 11) is 2.11. The van der Waals surface area contributed by atoms with Crippen LogP contribution in [0.15, 0.2) is 12.1 Å². The van der Waals surface area contributed by atoms with Crippen molar-refractivity contribution < 1.29 is 9.47 Å². The zero-order chi connectivity index (χ0) is 13.1. The molecule has 7 heteroatoms. The Morgan fingerprint density at radius 1 is 1.19 bits per heavy atom. The first-order chi connectivity index (χ1) is 9.34. The largest absolute Gasteiger partial charge is 0.476 e. The molecule has 21 heavy (non-hydrogen) atoms. The molecular formula is C14H23Cl2N3O2. The molecule has 0 saturated carbocycles. The first kappa shape index (κ1) is 18.3. The summed E-state index contributed by atoms with van der Waals surface area (Å²) in [4.78, 5) is 6.93. The SMILES string of the molecule is CN(c1ccc2c(n1)OCCNC2)C1CCOCC1.Cl.Cl. The summed E-state index contributed by atoms with van der Waals surface area (Å²) in [6, 6.07) is 4.72. The standard InChI is InChI=1S/C14H21N3O2.2ClH/c1-17(12-4-7-18-8-5-12)13-3-2-11-10-15-6-9-19-14(11)16-13;;/h2-3,12,15H,4-10H2,1H3;2*1H. The lowest BCUT2D eigenvalue weighted by Crippen LogP contribution is -2.37. The number of pyridine rings is 1.